The molecule has 0 aliphatic heterocycles. The second-order valence-electron chi connectivity index (χ2n) is 5.84. The molecule has 0 atom stereocenters. The summed E-state index contributed by atoms with van der Waals surface area (Å²) in [5.74, 6) is -0.554. The molecule has 0 spiro atoms. The maximum Gasteiger partial charge on any atom is 0.272 e. The first-order valence-corrected chi connectivity index (χ1v) is 11.4. The molecule has 0 bridgehead atoms. The summed E-state index contributed by atoms with van der Waals surface area (Å²) < 4.78 is 26.3. The van der Waals surface area contributed by atoms with Gasteiger partial charge in [-0.05, 0) is 35.9 Å². The number of amides is 1. The van der Waals surface area contributed by atoms with Crippen LogP contribution in [0.2, 0.25) is 15.1 Å². The maximum atomic E-state index is 12.7. The van der Waals surface area contributed by atoms with E-state index in [4.69, 9.17) is 34.8 Å². The quantitative estimate of drug-likeness (QED) is 0.510. The third kappa shape index (κ3) is 5.25. The molecular formula is C17H13Cl3N4O3S2. The Hall–Kier alpha value is -1.75. The smallest absolute Gasteiger partial charge is 0.272 e. The number of halogens is 3. The van der Waals surface area contributed by atoms with E-state index in [1.807, 2.05) is 0 Å². The van der Waals surface area contributed by atoms with Crippen LogP contribution in [0.25, 0.3) is 0 Å². The van der Waals surface area contributed by atoms with Gasteiger partial charge >= 0.3 is 0 Å². The monoisotopic (exact) mass is 490 g/mol. The zero-order valence-electron chi connectivity index (χ0n) is 14.8. The maximum absolute atomic E-state index is 12.7. The predicted molar refractivity (Wildman–Crippen MR) is 114 cm³/mol. The Bertz CT molecular complexity index is 1150. The molecule has 152 valence electrons. The van der Waals surface area contributed by atoms with E-state index in [2.05, 4.69) is 15.5 Å². The van der Waals surface area contributed by atoms with E-state index in [1.165, 1.54) is 25.2 Å². The normalized spacial score (nSPS) is 11.6. The lowest BCUT2D eigenvalue weighted by Gasteiger charge is -2.14. The largest absolute Gasteiger partial charge is 0.296 e. The van der Waals surface area contributed by atoms with Crippen molar-refractivity contribution in [3.8, 4) is 0 Å². The SMILES string of the molecule is CN(Cc1ccc(Cl)cc1)S(=O)(=O)c1nnc(NC(=O)c2ccc(Cl)cc2Cl)s1. The molecule has 2 aromatic carbocycles. The first kappa shape index (κ1) is 21.9. The Labute approximate surface area is 186 Å². The van der Waals surface area contributed by atoms with Crippen LogP contribution >= 0.6 is 46.1 Å². The number of anilines is 1. The minimum Gasteiger partial charge on any atom is -0.296 e. The molecule has 1 amide bonds. The number of hydrogen-bond acceptors (Lipinski definition) is 6. The first-order chi connectivity index (χ1) is 13.7. The lowest BCUT2D eigenvalue weighted by Crippen LogP contribution is -2.26. The van der Waals surface area contributed by atoms with Crippen LogP contribution in [0.4, 0.5) is 5.13 Å². The highest BCUT2D eigenvalue weighted by molar-refractivity contribution is 7.91. The molecule has 0 saturated heterocycles. The Kier molecular flexibility index (Phi) is 6.77. The average Bonchev–Trinajstić information content (AvgIpc) is 3.12. The van der Waals surface area contributed by atoms with Crippen molar-refractivity contribution in [3.63, 3.8) is 0 Å². The zero-order valence-corrected chi connectivity index (χ0v) is 18.7. The number of benzene rings is 2. The molecule has 0 saturated carbocycles. The molecule has 12 heteroatoms. The van der Waals surface area contributed by atoms with E-state index >= 15 is 0 Å². The summed E-state index contributed by atoms with van der Waals surface area (Å²) in [6.45, 7) is 0.126. The van der Waals surface area contributed by atoms with Gasteiger partial charge in [-0.15, -0.1) is 10.2 Å². The molecule has 0 unspecified atom stereocenters. The number of rotatable bonds is 6. The Balaban J connectivity index is 1.73. The van der Waals surface area contributed by atoms with Gasteiger partial charge in [-0.25, -0.2) is 8.42 Å². The van der Waals surface area contributed by atoms with Crippen molar-refractivity contribution < 1.29 is 13.2 Å². The topological polar surface area (TPSA) is 92.3 Å². The zero-order chi connectivity index (χ0) is 21.2. The van der Waals surface area contributed by atoms with Crippen molar-refractivity contribution in [3.05, 3.63) is 68.7 Å². The number of carbonyl (C=O) groups is 1. The molecule has 1 N–H and O–H groups in total. The lowest BCUT2D eigenvalue weighted by molar-refractivity contribution is 0.102. The van der Waals surface area contributed by atoms with E-state index < -0.39 is 15.9 Å². The minimum atomic E-state index is -3.89. The van der Waals surface area contributed by atoms with Crippen LogP contribution in [0.3, 0.4) is 0 Å². The second kappa shape index (κ2) is 8.95. The van der Waals surface area contributed by atoms with Gasteiger partial charge in [-0.1, -0.05) is 58.3 Å². The molecule has 0 radical (unpaired) electrons. The number of carbonyl (C=O) groups excluding carboxylic acids is 1. The standard InChI is InChI=1S/C17H13Cl3N4O3S2/c1-24(9-10-2-4-11(18)5-3-10)29(26,27)17-23-22-16(28-17)21-15(25)13-7-6-12(19)8-14(13)20/h2-8H,9H2,1H3,(H,21,22,25). The Morgan fingerprint density at radius 3 is 2.38 bits per heavy atom. The van der Waals surface area contributed by atoms with Gasteiger partial charge in [0, 0.05) is 23.6 Å². The molecule has 3 rings (SSSR count). The van der Waals surface area contributed by atoms with Crippen LogP contribution in [-0.2, 0) is 16.6 Å². The van der Waals surface area contributed by atoms with Crippen LogP contribution in [-0.4, -0.2) is 35.9 Å². The highest BCUT2D eigenvalue weighted by Crippen LogP contribution is 2.26. The highest BCUT2D eigenvalue weighted by atomic mass is 35.5. The molecule has 1 aromatic heterocycles. The minimum absolute atomic E-state index is 0.0273. The fourth-order valence-electron chi connectivity index (χ4n) is 2.27. The van der Waals surface area contributed by atoms with E-state index in [0.717, 1.165) is 21.2 Å². The summed E-state index contributed by atoms with van der Waals surface area (Å²) in [5.41, 5.74) is 0.937. The van der Waals surface area contributed by atoms with Crippen LogP contribution < -0.4 is 5.32 Å². The summed E-state index contributed by atoms with van der Waals surface area (Å²) in [6.07, 6.45) is 0. The molecule has 7 nitrogen and oxygen atoms in total. The van der Waals surface area contributed by atoms with Crippen molar-refractivity contribution in [2.24, 2.45) is 0 Å². The molecular weight excluding hydrogens is 479 g/mol. The number of nitrogens with one attached hydrogen (secondary N) is 1. The second-order valence-corrected chi connectivity index (χ2v) is 10.3. The average molecular weight is 492 g/mol. The summed E-state index contributed by atoms with van der Waals surface area (Å²) in [6, 6.07) is 11.2. The number of nitrogens with zero attached hydrogens (tertiary/aromatic N) is 3. The highest BCUT2D eigenvalue weighted by Gasteiger charge is 2.26. The summed E-state index contributed by atoms with van der Waals surface area (Å²) in [5, 5.41) is 11.1. The van der Waals surface area contributed by atoms with Gasteiger partial charge in [0.2, 0.25) is 9.47 Å². The van der Waals surface area contributed by atoms with Crippen molar-refractivity contribution in [2.75, 3.05) is 12.4 Å². The number of hydrogen-bond donors (Lipinski definition) is 1. The Morgan fingerprint density at radius 2 is 1.72 bits per heavy atom. The van der Waals surface area contributed by atoms with Gasteiger partial charge in [0.25, 0.3) is 15.9 Å². The fourth-order valence-corrected chi connectivity index (χ4v) is 5.13. The summed E-state index contributed by atoms with van der Waals surface area (Å²) in [4.78, 5) is 12.3. The van der Waals surface area contributed by atoms with E-state index in [0.29, 0.717) is 10.0 Å². The van der Waals surface area contributed by atoms with Crippen LogP contribution in [0.5, 0.6) is 0 Å². The van der Waals surface area contributed by atoms with E-state index in [9.17, 15) is 13.2 Å². The van der Waals surface area contributed by atoms with E-state index in [1.54, 1.807) is 24.3 Å². The molecule has 3 aromatic rings. The fraction of sp³-hybridized carbons (Fsp3) is 0.118. The van der Waals surface area contributed by atoms with E-state index in [-0.39, 0.29) is 26.6 Å². The van der Waals surface area contributed by atoms with Gasteiger partial charge < -0.3 is 0 Å². The van der Waals surface area contributed by atoms with Crippen molar-refractivity contribution in [1.29, 1.82) is 0 Å². The van der Waals surface area contributed by atoms with Crippen molar-refractivity contribution in [2.45, 2.75) is 10.9 Å². The number of sulfonamides is 1. The van der Waals surface area contributed by atoms with Crippen molar-refractivity contribution >= 4 is 67.2 Å². The lowest BCUT2D eigenvalue weighted by atomic mass is 10.2. The van der Waals surface area contributed by atoms with Crippen LogP contribution in [0.1, 0.15) is 15.9 Å². The van der Waals surface area contributed by atoms with Gasteiger partial charge in [0.05, 0.1) is 10.6 Å². The van der Waals surface area contributed by atoms with Gasteiger partial charge in [0.1, 0.15) is 0 Å². The molecule has 0 fully saturated rings. The number of aromatic nitrogens is 2. The van der Waals surface area contributed by atoms with Gasteiger partial charge in [-0.2, -0.15) is 4.31 Å². The molecule has 0 aliphatic carbocycles. The summed E-state index contributed by atoms with van der Waals surface area (Å²) in [7, 11) is -2.46. The predicted octanol–water partition coefficient (Wildman–Crippen LogP) is 4.57. The Morgan fingerprint density at radius 1 is 1.07 bits per heavy atom. The van der Waals surface area contributed by atoms with Gasteiger partial charge in [-0.3, -0.25) is 10.1 Å². The van der Waals surface area contributed by atoms with Gasteiger partial charge in [0.15, 0.2) is 0 Å². The molecule has 0 aliphatic rings. The molecule has 1 heterocycles. The van der Waals surface area contributed by atoms with Crippen LogP contribution in [0.15, 0.2) is 46.8 Å². The third-order valence-corrected chi connectivity index (χ3v) is 7.54. The van der Waals surface area contributed by atoms with Crippen molar-refractivity contribution in [1.82, 2.24) is 14.5 Å². The molecule has 29 heavy (non-hydrogen) atoms. The van der Waals surface area contributed by atoms with Crippen LogP contribution in [0, 0.1) is 0 Å². The first-order valence-electron chi connectivity index (χ1n) is 7.97. The summed E-state index contributed by atoms with van der Waals surface area (Å²) >= 11 is 18.4. The third-order valence-electron chi connectivity index (χ3n) is 3.75.